The summed E-state index contributed by atoms with van der Waals surface area (Å²) < 4.78 is 30.9. The average Bonchev–Trinajstić information content (AvgIpc) is 3.32. The van der Waals surface area contributed by atoms with Crippen LogP contribution in [0.4, 0.5) is 5.69 Å². The molecule has 1 heterocycles. The molecule has 38 heavy (non-hydrogen) atoms. The molecule has 1 unspecified atom stereocenters. The van der Waals surface area contributed by atoms with E-state index in [1.807, 2.05) is 42.5 Å². The summed E-state index contributed by atoms with van der Waals surface area (Å²) in [5, 5.41) is 20.4. The Bertz CT molecular complexity index is 1510. The van der Waals surface area contributed by atoms with E-state index in [0.29, 0.717) is 22.4 Å². The van der Waals surface area contributed by atoms with E-state index in [1.165, 1.54) is 23.9 Å². The van der Waals surface area contributed by atoms with Crippen LogP contribution in [0.2, 0.25) is 0 Å². The smallest absolute Gasteiger partial charge is 0.269 e. The van der Waals surface area contributed by atoms with Gasteiger partial charge in [-0.25, -0.2) is 13.1 Å². The molecule has 0 radical (unpaired) electrons. The molecular weight excluding hydrogens is 522 g/mol. The number of nitrogens with zero attached hydrogens (tertiary/aromatic N) is 4. The zero-order valence-electron chi connectivity index (χ0n) is 21.5. The van der Waals surface area contributed by atoms with Gasteiger partial charge in [0.25, 0.3) is 5.69 Å². The van der Waals surface area contributed by atoms with Gasteiger partial charge < -0.3 is 0 Å². The Balaban J connectivity index is 1.65. The summed E-state index contributed by atoms with van der Waals surface area (Å²) in [6, 6.07) is 21.9. The molecule has 0 fully saturated rings. The largest absolute Gasteiger partial charge is 0.273 e. The highest BCUT2D eigenvalue weighted by atomic mass is 32.2. The normalized spacial score (nSPS) is 12.8. The predicted octanol–water partition coefficient (Wildman–Crippen LogP) is 5.80. The highest BCUT2D eigenvalue weighted by molar-refractivity contribution is 7.98. The van der Waals surface area contributed by atoms with Crippen molar-refractivity contribution < 1.29 is 13.3 Å². The van der Waals surface area contributed by atoms with Crippen LogP contribution in [0.15, 0.2) is 88.9 Å². The lowest BCUT2D eigenvalue weighted by atomic mass is 9.87. The number of hydrogen-bond donors (Lipinski definition) is 1. The fourth-order valence-corrected chi connectivity index (χ4v) is 5.95. The van der Waals surface area contributed by atoms with Crippen molar-refractivity contribution in [3.63, 3.8) is 0 Å². The monoisotopic (exact) mass is 551 g/mol. The van der Waals surface area contributed by atoms with E-state index in [0.717, 1.165) is 11.1 Å². The van der Waals surface area contributed by atoms with Gasteiger partial charge >= 0.3 is 0 Å². The Hall–Kier alpha value is -3.54. The van der Waals surface area contributed by atoms with E-state index < -0.39 is 21.0 Å². The van der Waals surface area contributed by atoms with Gasteiger partial charge in [0, 0.05) is 23.6 Å². The average molecular weight is 552 g/mol. The first-order valence-electron chi connectivity index (χ1n) is 12.0. The van der Waals surface area contributed by atoms with Gasteiger partial charge in [0.05, 0.1) is 15.9 Å². The molecule has 0 amide bonds. The molecule has 4 aromatic rings. The van der Waals surface area contributed by atoms with E-state index in [1.54, 1.807) is 35.8 Å². The minimum Gasteiger partial charge on any atom is -0.273 e. The lowest BCUT2D eigenvalue weighted by Gasteiger charge is -2.20. The molecule has 0 bridgehead atoms. The highest BCUT2D eigenvalue weighted by Crippen LogP contribution is 2.29. The molecule has 11 heteroatoms. The van der Waals surface area contributed by atoms with Crippen molar-refractivity contribution in [2.45, 2.75) is 55.0 Å². The number of thioether (sulfide) groups is 1. The summed E-state index contributed by atoms with van der Waals surface area (Å²) in [6.45, 7) is 7.89. The molecule has 3 aromatic carbocycles. The van der Waals surface area contributed by atoms with E-state index in [4.69, 9.17) is 0 Å². The third kappa shape index (κ3) is 6.29. The molecule has 1 N–H and O–H groups in total. The highest BCUT2D eigenvalue weighted by Gasteiger charge is 2.25. The molecule has 1 atom stereocenters. The molecule has 0 aliphatic heterocycles. The van der Waals surface area contributed by atoms with Crippen molar-refractivity contribution in [1.29, 1.82) is 0 Å². The lowest BCUT2D eigenvalue weighted by Crippen LogP contribution is -2.29. The SMILES string of the molecule is CC(NS(=O)(=O)c1ccc(C(C)(C)C)cc1)c1nnc(SCc2ccccc2)n1-c1ccc([N+](=O)[O-])cc1. The number of hydrogen-bond acceptors (Lipinski definition) is 7. The molecule has 0 spiro atoms. The Morgan fingerprint density at radius 2 is 1.61 bits per heavy atom. The number of nitrogens with one attached hydrogen (secondary N) is 1. The van der Waals surface area contributed by atoms with Crippen molar-refractivity contribution in [1.82, 2.24) is 19.5 Å². The Labute approximate surface area is 226 Å². The first-order valence-corrected chi connectivity index (χ1v) is 14.4. The van der Waals surface area contributed by atoms with Gasteiger partial charge in [-0.15, -0.1) is 10.2 Å². The number of nitro benzene ring substituents is 1. The lowest BCUT2D eigenvalue weighted by molar-refractivity contribution is -0.384. The van der Waals surface area contributed by atoms with Crippen LogP contribution in [0.1, 0.15) is 50.7 Å². The molecule has 0 saturated carbocycles. The standard InChI is InChI=1S/C27H29N5O4S2/c1-19(30-38(35,36)24-16-10-21(11-17-24)27(2,3)4)25-28-29-26(37-18-20-8-6-5-7-9-20)31(25)22-12-14-23(15-13-22)32(33)34/h5-17,19,30H,18H2,1-4H3. The molecule has 0 aliphatic carbocycles. The number of rotatable bonds is 9. The van der Waals surface area contributed by atoms with Gasteiger partial charge in [0.1, 0.15) is 0 Å². The molecule has 1 aromatic heterocycles. The number of sulfonamides is 1. The van der Waals surface area contributed by atoms with Crippen molar-refractivity contribution in [3.8, 4) is 5.69 Å². The first-order chi connectivity index (χ1) is 18.0. The number of benzene rings is 3. The minimum absolute atomic E-state index is 0.0469. The molecule has 0 aliphatic rings. The second kappa shape index (κ2) is 11.1. The Morgan fingerprint density at radius 1 is 0.974 bits per heavy atom. The fraction of sp³-hybridized carbons (Fsp3) is 0.259. The summed E-state index contributed by atoms with van der Waals surface area (Å²) in [5.41, 5.74) is 2.56. The second-order valence-electron chi connectivity index (χ2n) is 9.84. The Morgan fingerprint density at radius 3 is 2.18 bits per heavy atom. The van der Waals surface area contributed by atoms with Crippen LogP contribution in [0, 0.1) is 10.1 Å². The number of nitro groups is 1. The maximum absolute atomic E-state index is 13.2. The topological polar surface area (TPSA) is 120 Å². The summed E-state index contributed by atoms with van der Waals surface area (Å²) in [5.74, 6) is 0.982. The summed E-state index contributed by atoms with van der Waals surface area (Å²) in [6.07, 6.45) is 0. The molecule has 0 saturated heterocycles. The van der Waals surface area contributed by atoms with E-state index in [-0.39, 0.29) is 16.0 Å². The summed E-state index contributed by atoms with van der Waals surface area (Å²) in [7, 11) is -3.86. The van der Waals surface area contributed by atoms with Crippen LogP contribution in [-0.2, 0) is 21.2 Å². The van der Waals surface area contributed by atoms with E-state index in [9.17, 15) is 18.5 Å². The van der Waals surface area contributed by atoms with Gasteiger partial charge in [-0.05, 0) is 47.7 Å². The van der Waals surface area contributed by atoms with Gasteiger partial charge in [0.2, 0.25) is 10.0 Å². The second-order valence-corrected chi connectivity index (χ2v) is 12.5. The van der Waals surface area contributed by atoms with Gasteiger partial charge in [-0.3, -0.25) is 14.7 Å². The first kappa shape index (κ1) is 27.5. The maximum atomic E-state index is 13.2. The van der Waals surface area contributed by atoms with Gasteiger partial charge in [-0.2, -0.15) is 0 Å². The minimum atomic E-state index is -3.86. The van der Waals surface area contributed by atoms with Crippen LogP contribution in [0.25, 0.3) is 5.69 Å². The molecule has 198 valence electrons. The zero-order valence-corrected chi connectivity index (χ0v) is 23.2. The predicted molar refractivity (Wildman–Crippen MR) is 148 cm³/mol. The van der Waals surface area contributed by atoms with Crippen molar-refractivity contribution in [2.24, 2.45) is 0 Å². The van der Waals surface area contributed by atoms with Crippen LogP contribution in [0.5, 0.6) is 0 Å². The fourth-order valence-electron chi connectivity index (χ4n) is 3.83. The maximum Gasteiger partial charge on any atom is 0.269 e. The van der Waals surface area contributed by atoms with Crippen LogP contribution in [0.3, 0.4) is 0 Å². The Kier molecular flexibility index (Phi) is 8.00. The van der Waals surface area contributed by atoms with Gasteiger partial charge in [0.15, 0.2) is 11.0 Å². The molecule has 4 rings (SSSR count). The molecular formula is C27H29N5O4S2. The third-order valence-corrected chi connectivity index (χ3v) is 8.49. The van der Waals surface area contributed by atoms with E-state index >= 15 is 0 Å². The summed E-state index contributed by atoms with van der Waals surface area (Å²) in [4.78, 5) is 10.8. The van der Waals surface area contributed by atoms with Crippen molar-refractivity contribution in [3.05, 3.63) is 106 Å². The summed E-state index contributed by atoms with van der Waals surface area (Å²) >= 11 is 1.44. The number of non-ortho nitro benzene ring substituents is 1. The molecule has 9 nitrogen and oxygen atoms in total. The number of aromatic nitrogens is 3. The zero-order chi connectivity index (χ0) is 27.5. The van der Waals surface area contributed by atoms with Gasteiger partial charge in [-0.1, -0.05) is 75.0 Å². The third-order valence-electron chi connectivity index (χ3n) is 5.94. The quantitative estimate of drug-likeness (QED) is 0.158. The van der Waals surface area contributed by atoms with Crippen molar-refractivity contribution >= 4 is 27.5 Å². The van der Waals surface area contributed by atoms with E-state index in [2.05, 4.69) is 35.7 Å². The van der Waals surface area contributed by atoms with Crippen LogP contribution in [-0.4, -0.2) is 28.1 Å². The van der Waals surface area contributed by atoms with Crippen LogP contribution >= 0.6 is 11.8 Å². The van der Waals surface area contributed by atoms with Crippen LogP contribution < -0.4 is 4.72 Å². The van der Waals surface area contributed by atoms with Crippen molar-refractivity contribution in [2.75, 3.05) is 0 Å².